The van der Waals surface area contributed by atoms with Gasteiger partial charge in [0.15, 0.2) is 0 Å². The summed E-state index contributed by atoms with van der Waals surface area (Å²) in [5.41, 5.74) is 1.38. The van der Waals surface area contributed by atoms with Crippen LogP contribution in [0.2, 0.25) is 0 Å². The second-order valence-electron chi connectivity index (χ2n) is 7.55. The summed E-state index contributed by atoms with van der Waals surface area (Å²) >= 11 is 0. The van der Waals surface area contributed by atoms with E-state index < -0.39 is 0 Å². The lowest BCUT2D eigenvalue weighted by Gasteiger charge is -2.36. The normalized spacial score (nSPS) is 17.4. The third-order valence-electron chi connectivity index (χ3n) is 4.63. The molecule has 0 spiro atoms. The number of carbonyl (C=O) groups excluding carboxylic acids is 1. The first-order valence-electron chi connectivity index (χ1n) is 9.56. The van der Waals surface area contributed by atoms with Gasteiger partial charge in [-0.2, -0.15) is 0 Å². The van der Waals surface area contributed by atoms with Gasteiger partial charge in [-0.1, -0.05) is 44.2 Å². The number of nitrogens with one attached hydrogen (secondary N) is 2. The molecule has 2 N–H and O–H groups in total. The first kappa shape index (κ1) is 19.7. The molecule has 2 amide bonds. The van der Waals surface area contributed by atoms with Gasteiger partial charge in [0.1, 0.15) is 0 Å². The molecule has 5 nitrogen and oxygen atoms in total. The van der Waals surface area contributed by atoms with Crippen molar-refractivity contribution >= 4 is 6.03 Å². The van der Waals surface area contributed by atoms with E-state index in [0.717, 1.165) is 52.2 Å². The van der Waals surface area contributed by atoms with Gasteiger partial charge in [0.2, 0.25) is 0 Å². The summed E-state index contributed by atoms with van der Waals surface area (Å²) in [6, 6.07) is 10.8. The summed E-state index contributed by atoms with van der Waals surface area (Å²) < 4.78 is 0. The van der Waals surface area contributed by atoms with Crippen LogP contribution >= 0.6 is 0 Å². The van der Waals surface area contributed by atoms with Crippen molar-refractivity contribution in [3.63, 3.8) is 0 Å². The zero-order valence-corrected chi connectivity index (χ0v) is 16.0. The molecule has 0 saturated carbocycles. The predicted molar refractivity (Wildman–Crippen MR) is 104 cm³/mol. The van der Waals surface area contributed by atoms with E-state index >= 15 is 0 Å². The standard InChI is InChI=1S/C20H34N4O/c1-17(2)9-10-21-20(25)22-18(3)15-23-11-13-24(14-12-23)16-19-7-5-4-6-8-19/h4-8,17-18H,9-16H2,1-3H3,(H2,21,22,25)/t18-/m0/s1. The highest BCUT2D eigenvalue weighted by Gasteiger charge is 2.19. The maximum Gasteiger partial charge on any atom is 0.315 e. The van der Waals surface area contributed by atoms with Gasteiger partial charge in [0.05, 0.1) is 0 Å². The maximum absolute atomic E-state index is 11.9. The Morgan fingerprint density at radius 2 is 1.68 bits per heavy atom. The van der Waals surface area contributed by atoms with E-state index in [9.17, 15) is 4.79 Å². The Morgan fingerprint density at radius 3 is 2.32 bits per heavy atom. The number of hydrogen-bond acceptors (Lipinski definition) is 3. The van der Waals surface area contributed by atoms with E-state index in [-0.39, 0.29) is 12.1 Å². The molecule has 25 heavy (non-hydrogen) atoms. The van der Waals surface area contributed by atoms with E-state index in [1.165, 1.54) is 5.56 Å². The van der Waals surface area contributed by atoms with Gasteiger partial charge in [-0.05, 0) is 24.8 Å². The fourth-order valence-corrected chi connectivity index (χ4v) is 3.15. The Labute approximate surface area is 152 Å². The van der Waals surface area contributed by atoms with E-state index in [0.29, 0.717) is 5.92 Å². The molecular formula is C20H34N4O. The molecule has 1 aromatic carbocycles. The number of piperazine rings is 1. The molecule has 0 aromatic heterocycles. The van der Waals surface area contributed by atoms with Crippen molar-refractivity contribution in [2.75, 3.05) is 39.3 Å². The molecule has 0 radical (unpaired) electrons. The molecule has 2 rings (SSSR count). The molecular weight excluding hydrogens is 312 g/mol. The molecule has 1 saturated heterocycles. The SMILES string of the molecule is CC(C)CCNC(=O)N[C@@H](C)CN1CCN(Cc2ccccc2)CC1. The summed E-state index contributed by atoms with van der Waals surface area (Å²) in [6.45, 7) is 13.4. The van der Waals surface area contributed by atoms with E-state index in [1.807, 2.05) is 0 Å². The number of hydrogen-bond donors (Lipinski definition) is 2. The topological polar surface area (TPSA) is 47.6 Å². The quantitative estimate of drug-likeness (QED) is 0.760. The fraction of sp³-hybridized carbons (Fsp3) is 0.650. The van der Waals surface area contributed by atoms with Crippen molar-refractivity contribution in [2.45, 2.75) is 39.8 Å². The van der Waals surface area contributed by atoms with Gasteiger partial charge in [-0.3, -0.25) is 9.80 Å². The molecule has 0 unspecified atom stereocenters. The van der Waals surface area contributed by atoms with Crippen LogP contribution in [0.4, 0.5) is 4.79 Å². The third kappa shape index (κ3) is 7.88. The lowest BCUT2D eigenvalue weighted by atomic mass is 10.1. The number of rotatable bonds is 8. The fourth-order valence-electron chi connectivity index (χ4n) is 3.15. The first-order chi connectivity index (χ1) is 12.0. The average molecular weight is 347 g/mol. The van der Waals surface area contributed by atoms with Crippen molar-refractivity contribution in [1.29, 1.82) is 0 Å². The zero-order chi connectivity index (χ0) is 18.1. The molecule has 1 aliphatic rings. The Bertz CT molecular complexity index is 498. The van der Waals surface area contributed by atoms with Crippen LogP contribution in [-0.2, 0) is 6.54 Å². The first-order valence-corrected chi connectivity index (χ1v) is 9.56. The largest absolute Gasteiger partial charge is 0.338 e. The number of carbonyl (C=O) groups is 1. The molecule has 1 aromatic rings. The Kier molecular flexibility index (Phi) is 8.22. The Morgan fingerprint density at radius 1 is 1.04 bits per heavy atom. The van der Waals surface area contributed by atoms with Crippen LogP contribution in [0.1, 0.15) is 32.8 Å². The molecule has 5 heteroatoms. The zero-order valence-electron chi connectivity index (χ0n) is 16.0. The molecule has 140 valence electrons. The van der Waals surface area contributed by atoms with Crippen LogP contribution in [0.5, 0.6) is 0 Å². The van der Waals surface area contributed by atoms with E-state index in [4.69, 9.17) is 0 Å². The molecule has 1 heterocycles. The van der Waals surface area contributed by atoms with E-state index in [2.05, 4.69) is 71.5 Å². The lowest BCUT2D eigenvalue weighted by molar-refractivity contribution is 0.120. The maximum atomic E-state index is 11.9. The van der Waals surface area contributed by atoms with Gasteiger partial charge < -0.3 is 10.6 Å². The number of amides is 2. The smallest absolute Gasteiger partial charge is 0.315 e. The van der Waals surface area contributed by atoms with Crippen LogP contribution < -0.4 is 10.6 Å². The highest BCUT2D eigenvalue weighted by molar-refractivity contribution is 5.74. The third-order valence-corrected chi connectivity index (χ3v) is 4.63. The highest BCUT2D eigenvalue weighted by Crippen LogP contribution is 2.08. The molecule has 1 aliphatic heterocycles. The average Bonchev–Trinajstić information content (AvgIpc) is 2.57. The minimum absolute atomic E-state index is 0.0455. The van der Waals surface area contributed by atoms with Crippen molar-refractivity contribution in [3.05, 3.63) is 35.9 Å². The molecule has 0 bridgehead atoms. The summed E-state index contributed by atoms with van der Waals surface area (Å²) in [7, 11) is 0. The monoisotopic (exact) mass is 346 g/mol. The molecule has 1 atom stereocenters. The minimum Gasteiger partial charge on any atom is -0.338 e. The van der Waals surface area contributed by atoms with Gasteiger partial charge in [-0.25, -0.2) is 4.79 Å². The van der Waals surface area contributed by atoms with Gasteiger partial charge in [0, 0.05) is 51.9 Å². The van der Waals surface area contributed by atoms with E-state index in [1.54, 1.807) is 0 Å². The predicted octanol–water partition coefficient (Wildman–Crippen LogP) is 2.54. The number of benzene rings is 1. The Hall–Kier alpha value is -1.59. The Balaban J connectivity index is 1.61. The van der Waals surface area contributed by atoms with Crippen LogP contribution in [-0.4, -0.2) is 61.1 Å². The van der Waals surface area contributed by atoms with Crippen LogP contribution in [0.3, 0.4) is 0 Å². The molecule has 1 fully saturated rings. The summed E-state index contributed by atoms with van der Waals surface area (Å²) in [5, 5.41) is 5.99. The van der Waals surface area contributed by atoms with Gasteiger partial charge in [0.25, 0.3) is 0 Å². The van der Waals surface area contributed by atoms with Gasteiger partial charge in [-0.15, -0.1) is 0 Å². The minimum atomic E-state index is -0.0455. The van der Waals surface area contributed by atoms with Crippen LogP contribution in [0.15, 0.2) is 30.3 Å². The highest BCUT2D eigenvalue weighted by atomic mass is 16.2. The molecule has 0 aliphatic carbocycles. The van der Waals surface area contributed by atoms with Crippen molar-refractivity contribution in [1.82, 2.24) is 20.4 Å². The van der Waals surface area contributed by atoms with Crippen LogP contribution in [0.25, 0.3) is 0 Å². The van der Waals surface area contributed by atoms with Crippen molar-refractivity contribution in [2.24, 2.45) is 5.92 Å². The van der Waals surface area contributed by atoms with Crippen LogP contribution in [0, 0.1) is 5.92 Å². The number of nitrogens with zero attached hydrogens (tertiary/aromatic N) is 2. The summed E-state index contributed by atoms with van der Waals surface area (Å²) in [6.07, 6.45) is 1.02. The summed E-state index contributed by atoms with van der Waals surface area (Å²) in [4.78, 5) is 16.8. The van der Waals surface area contributed by atoms with Gasteiger partial charge >= 0.3 is 6.03 Å². The second kappa shape index (κ2) is 10.4. The second-order valence-corrected chi connectivity index (χ2v) is 7.55. The summed E-state index contributed by atoms with van der Waals surface area (Å²) in [5.74, 6) is 0.616. The number of urea groups is 1. The van der Waals surface area contributed by atoms with Crippen molar-refractivity contribution < 1.29 is 4.79 Å². The van der Waals surface area contributed by atoms with Crippen molar-refractivity contribution in [3.8, 4) is 0 Å². The lowest BCUT2D eigenvalue weighted by Crippen LogP contribution is -2.51.